The summed E-state index contributed by atoms with van der Waals surface area (Å²) < 4.78 is 5.38. The van der Waals surface area contributed by atoms with Crippen LogP contribution in [0.15, 0.2) is 48.5 Å². The number of aromatic nitrogens is 2. The quantitative estimate of drug-likeness (QED) is 0.636. The molecule has 136 valence electrons. The number of hydrogen-bond donors (Lipinski definition) is 3. The molecular weight excluding hydrogens is 366 g/mol. The molecule has 1 unspecified atom stereocenters. The largest absolute Gasteiger partial charge is 0.482 e. The summed E-state index contributed by atoms with van der Waals surface area (Å²) in [5, 5.41) is 14.5. The van der Waals surface area contributed by atoms with E-state index in [0.29, 0.717) is 27.1 Å². The van der Waals surface area contributed by atoms with Crippen LogP contribution >= 0.6 is 11.3 Å². The Morgan fingerprint density at radius 1 is 1.22 bits per heavy atom. The molecule has 1 atom stereocenters. The van der Waals surface area contributed by atoms with Gasteiger partial charge in [-0.05, 0) is 23.8 Å². The van der Waals surface area contributed by atoms with E-state index in [4.69, 9.17) is 10.5 Å². The zero-order valence-electron chi connectivity index (χ0n) is 14.0. The Kier molecular flexibility index (Phi) is 4.43. The SMILES string of the molecule is Nc1nnc(C(NC(=O)c2ccc3c(c2)OCC(=O)N3)c2ccccc2)s1. The molecule has 0 fully saturated rings. The molecule has 2 heterocycles. The van der Waals surface area contributed by atoms with Gasteiger partial charge in [0.05, 0.1) is 5.69 Å². The lowest BCUT2D eigenvalue weighted by molar-refractivity contribution is -0.118. The van der Waals surface area contributed by atoms with Crippen LogP contribution in [-0.4, -0.2) is 28.6 Å². The fourth-order valence-corrected chi connectivity index (χ4v) is 3.42. The number of nitrogens with zero attached hydrogens (tertiary/aromatic N) is 2. The zero-order chi connectivity index (χ0) is 18.8. The van der Waals surface area contributed by atoms with Crippen molar-refractivity contribution in [1.82, 2.24) is 15.5 Å². The molecule has 0 radical (unpaired) electrons. The third-order valence-corrected chi connectivity index (χ3v) is 4.81. The van der Waals surface area contributed by atoms with Gasteiger partial charge < -0.3 is 21.1 Å². The highest BCUT2D eigenvalue weighted by Gasteiger charge is 2.23. The number of benzene rings is 2. The smallest absolute Gasteiger partial charge is 0.262 e. The number of nitrogen functional groups attached to an aromatic ring is 1. The Labute approximate surface area is 158 Å². The average molecular weight is 381 g/mol. The number of nitrogens with two attached hydrogens (primary N) is 1. The molecule has 0 bridgehead atoms. The molecule has 0 spiro atoms. The van der Waals surface area contributed by atoms with Crippen LogP contribution in [0.4, 0.5) is 10.8 Å². The highest BCUT2D eigenvalue weighted by Crippen LogP contribution is 2.30. The molecule has 0 saturated carbocycles. The van der Waals surface area contributed by atoms with Gasteiger partial charge in [-0.15, -0.1) is 10.2 Å². The van der Waals surface area contributed by atoms with Gasteiger partial charge in [0.15, 0.2) is 6.61 Å². The predicted octanol–water partition coefficient (Wildman–Crippen LogP) is 1.97. The van der Waals surface area contributed by atoms with Crippen molar-refractivity contribution in [2.75, 3.05) is 17.7 Å². The molecule has 0 aliphatic carbocycles. The second-order valence-electron chi connectivity index (χ2n) is 5.84. The number of carbonyl (C=O) groups is 2. The summed E-state index contributed by atoms with van der Waals surface area (Å²) in [7, 11) is 0. The average Bonchev–Trinajstić information content (AvgIpc) is 3.12. The summed E-state index contributed by atoms with van der Waals surface area (Å²) in [6.07, 6.45) is 0. The number of hydrogen-bond acceptors (Lipinski definition) is 7. The van der Waals surface area contributed by atoms with E-state index in [9.17, 15) is 9.59 Å². The lowest BCUT2D eigenvalue weighted by Gasteiger charge is -2.20. The predicted molar refractivity (Wildman–Crippen MR) is 101 cm³/mol. The highest BCUT2D eigenvalue weighted by molar-refractivity contribution is 7.15. The van der Waals surface area contributed by atoms with E-state index in [1.165, 1.54) is 11.3 Å². The van der Waals surface area contributed by atoms with Crippen LogP contribution in [0, 0.1) is 0 Å². The van der Waals surface area contributed by atoms with Crippen molar-refractivity contribution in [1.29, 1.82) is 0 Å². The number of nitrogens with one attached hydrogen (secondary N) is 2. The van der Waals surface area contributed by atoms with E-state index < -0.39 is 6.04 Å². The second-order valence-corrected chi connectivity index (χ2v) is 6.88. The van der Waals surface area contributed by atoms with Crippen molar-refractivity contribution in [2.24, 2.45) is 0 Å². The third kappa shape index (κ3) is 3.58. The molecule has 2 aromatic carbocycles. The van der Waals surface area contributed by atoms with Crippen molar-refractivity contribution in [3.05, 3.63) is 64.7 Å². The molecule has 2 amide bonds. The first-order valence-corrected chi connectivity index (χ1v) is 8.93. The summed E-state index contributed by atoms with van der Waals surface area (Å²) in [5.41, 5.74) is 7.52. The van der Waals surface area contributed by atoms with Crippen LogP contribution in [-0.2, 0) is 4.79 Å². The van der Waals surface area contributed by atoms with E-state index in [1.54, 1.807) is 18.2 Å². The van der Waals surface area contributed by atoms with E-state index in [0.717, 1.165) is 5.56 Å². The van der Waals surface area contributed by atoms with Gasteiger partial charge in [-0.2, -0.15) is 0 Å². The number of carbonyl (C=O) groups excluding carboxylic acids is 2. The molecule has 0 saturated heterocycles. The van der Waals surface area contributed by atoms with Gasteiger partial charge in [-0.1, -0.05) is 41.7 Å². The number of anilines is 2. The lowest BCUT2D eigenvalue weighted by Crippen LogP contribution is -2.30. The van der Waals surface area contributed by atoms with Crippen molar-refractivity contribution in [3.8, 4) is 5.75 Å². The molecule has 9 heteroatoms. The Bertz CT molecular complexity index is 1010. The lowest BCUT2D eigenvalue weighted by atomic mass is 10.1. The first-order chi connectivity index (χ1) is 13.1. The third-order valence-electron chi connectivity index (χ3n) is 3.99. The maximum Gasteiger partial charge on any atom is 0.262 e. The van der Waals surface area contributed by atoms with E-state index >= 15 is 0 Å². The van der Waals surface area contributed by atoms with Crippen molar-refractivity contribution >= 4 is 34.0 Å². The van der Waals surface area contributed by atoms with Crippen LogP contribution < -0.4 is 21.1 Å². The van der Waals surface area contributed by atoms with Gasteiger partial charge in [-0.25, -0.2) is 0 Å². The Morgan fingerprint density at radius 2 is 2.04 bits per heavy atom. The van der Waals surface area contributed by atoms with Gasteiger partial charge in [0.25, 0.3) is 11.8 Å². The summed E-state index contributed by atoms with van der Waals surface area (Å²) in [4.78, 5) is 24.2. The minimum absolute atomic E-state index is 0.0746. The van der Waals surface area contributed by atoms with Crippen LogP contribution in [0.25, 0.3) is 0 Å². The van der Waals surface area contributed by atoms with Crippen molar-refractivity contribution in [3.63, 3.8) is 0 Å². The monoisotopic (exact) mass is 381 g/mol. The fraction of sp³-hybridized carbons (Fsp3) is 0.111. The molecule has 3 aromatic rings. The van der Waals surface area contributed by atoms with Crippen LogP contribution in [0.3, 0.4) is 0 Å². The first kappa shape index (κ1) is 17.0. The van der Waals surface area contributed by atoms with Crippen LogP contribution in [0.1, 0.15) is 27.0 Å². The zero-order valence-corrected chi connectivity index (χ0v) is 14.8. The summed E-state index contributed by atoms with van der Waals surface area (Å²) >= 11 is 1.22. The Hall–Kier alpha value is -3.46. The number of fused-ring (bicyclic) bond motifs is 1. The molecular formula is C18H15N5O3S. The Balaban J connectivity index is 1.61. The fourth-order valence-electron chi connectivity index (χ4n) is 2.73. The van der Waals surface area contributed by atoms with Gasteiger partial charge in [-0.3, -0.25) is 9.59 Å². The minimum Gasteiger partial charge on any atom is -0.482 e. The highest BCUT2D eigenvalue weighted by atomic mass is 32.1. The second kappa shape index (κ2) is 7.04. The molecule has 4 N–H and O–H groups in total. The van der Waals surface area contributed by atoms with E-state index in [2.05, 4.69) is 20.8 Å². The van der Waals surface area contributed by atoms with Gasteiger partial charge in [0.1, 0.15) is 16.8 Å². The topological polar surface area (TPSA) is 119 Å². The summed E-state index contributed by atoms with van der Waals surface area (Å²) in [6.45, 7) is -0.0746. The summed E-state index contributed by atoms with van der Waals surface area (Å²) in [6, 6.07) is 13.8. The number of rotatable bonds is 4. The van der Waals surface area contributed by atoms with Crippen LogP contribution in [0.2, 0.25) is 0 Å². The van der Waals surface area contributed by atoms with Crippen molar-refractivity contribution in [2.45, 2.75) is 6.04 Å². The molecule has 27 heavy (non-hydrogen) atoms. The normalized spacial score (nSPS) is 13.9. The van der Waals surface area contributed by atoms with E-state index in [1.807, 2.05) is 30.3 Å². The molecule has 1 aromatic heterocycles. The summed E-state index contributed by atoms with van der Waals surface area (Å²) in [5.74, 6) is -0.0719. The number of ether oxygens (including phenoxy) is 1. The molecule has 4 rings (SSSR count). The standard InChI is InChI=1S/C18H15N5O3S/c19-18-23-22-17(27-18)15(10-4-2-1-3-5-10)21-16(25)11-6-7-12-13(8-11)26-9-14(24)20-12/h1-8,15H,9H2,(H2,19,23)(H,20,24)(H,21,25). The molecule has 1 aliphatic heterocycles. The minimum atomic E-state index is -0.481. The first-order valence-electron chi connectivity index (χ1n) is 8.11. The number of amides is 2. The van der Waals surface area contributed by atoms with Gasteiger partial charge in [0.2, 0.25) is 5.13 Å². The molecule has 1 aliphatic rings. The maximum absolute atomic E-state index is 12.8. The Morgan fingerprint density at radius 3 is 2.78 bits per heavy atom. The van der Waals surface area contributed by atoms with Crippen molar-refractivity contribution < 1.29 is 14.3 Å². The van der Waals surface area contributed by atoms with Gasteiger partial charge in [0, 0.05) is 5.56 Å². The van der Waals surface area contributed by atoms with Gasteiger partial charge >= 0.3 is 0 Å². The van der Waals surface area contributed by atoms with Crippen LogP contribution in [0.5, 0.6) is 5.75 Å². The molecule has 8 nitrogen and oxygen atoms in total. The van der Waals surface area contributed by atoms with E-state index in [-0.39, 0.29) is 18.4 Å². The maximum atomic E-state index is 12.8.